The monoisotopic (exact) mass is 323 g/mol. The van der Waals surface area contributed by atoms with E-state index >= 15 is 0 Å². The number of amides is 1. The molecule has 0 heterocycles. The van der Waals surface area contributed by atoms with E-state index in [4.69, 9.17) is 4.74 Å². The SMILES string of the molecule is Cc1ccc([N+](=O)[O-])c(NCCCCNC(=O)OC(C)(C)C)c1. The van der Waals surface area contributed by atoms with Crippen LogP contribution in [0.2, 0.25) is 0 Å². The van der Waals surface area contributed by atoms with Crippen LogP contribution in [0.4, 0.5) is 16.2 Å². The van der Waals surface area contributed by atoms with Gasteiger partial charge in [0.25, 0.3) is 5.69 Å². The number of nitrogens with one attached hydrogen (secondary N) is 2. The zero-order valence-corrected chi connectivity index (χ0v) is 14.1. The fourth-order valence-corrected chi connectivity index (χ4v) is 1.93. The lowest BCUT2D eigenvalue weighted by Crippen LogP contribution is -2.33. The second-order valence-corrected chi connectivity index (χ2v) is 6.34. The van der Waals surface area contributed by atoms with Crippen LogP contribution in [-0.2, 0) is 4.74 Å². The molecule has 0 fully saturated rings. The molecule has 0 aliphatic heterocycles. The molecule has 1 aromatic rings. The summed E-state index contributed by atoms with van der Waals surface area (Å²) in [5.41, 5.74) is 1.05. The number of nitrogens with zero attached hydrogens (tertiary/aromatic N) is 1. The molecule has 0 aromatic heterocycles. The molecule has 7 nitrogen and oxygen atoms in total. The maximum Gasteiger partial charge on any atom is 0.407 e. The van der Waals surface area contributed by atoms with E-state index in [9.17, 15) is 14.9 Å². The van der Waals surface area contributed by atoms with Crippen molar-refractivity contribution in [1.82, 2.24) is 5.32 Å². The minimum Gasteiger partial charge on any atom is -0.444 e. The van der Waals surface area contributed by atoms with E-state index in [-0.39, 0.29) is 5.69 Å². The van der Waals surface area contributed by atoms with Gasteiger partial charge < -0.3 is 15.4 Å². The van der Waals surface area contributed by atoms with Crippen LogP contribution < -0.4 is 10.6 Å². The zero-order valence-electron chi connectivity index (χ0n) is 14.1. The molecule has 2 N–H and O–H groups in total. The van der Waals surface area contributed by atoms with Gasteiger partial charge in [-0.25, -0.2) is 4.79 Å². The van der Waals surface area contributed by atoms with Gasteiger partial charge in [0.15, 0.2) is 0 Å². The van der Waals surface area contributed by atoms with Crippen molar-refractivity contribution in [3.8, 4) is 0 Å². The average Bonchev–Trinajstić information content (AvgIpc) is 2.40. The molecule has 0 atom stereocenters. The quantitative estimate of drug-likeness (QED) is 0.454. The molecule has 7 heteroatoms. The van der Waals surface area contributed by atoms with Crippen molar-refractivity contribution in [1.29, 1.82) is 0 Å². The van der Waals surface area contributed by atoms with Gasteiger partial charge in [0.05, 0.1) is 4.92 Å². The number of anilines is 1. The number of carbonyl (C=O) groups excluding carboxylic acids is 1. The van der Waals surface area contributed by atoms with E-state index in [0.29, 0.717) is 18.8 Å². The second kappa shape index (κ2) is 8.36. The summed E-state index contributed by atoms with van der Waals surface area (Å²) in [7, 11) is 0. The summed E-state index contributed by atoms with van der Waals surface area (Å²) < 4.78 is 5.13. The van der Waals surface area contributed by atoms with Crippen LogP contribution in [0.3, 0.4) is 0 Å². The van der Waals surface area contributed by atoms with Crippen molar-refractivity contribution in [2.45, 2.75) is 46.1 Å². The molecular formula is C16H25N3O4. The lowest BCUT2D eigenvalue weighted by atomic mass is 10.2. The Balaban J connectivity index is 2.29. The Kier molecular flexibility index (Phi) is 6.81. The molecule has 1 aromatic carbocycles. The fourth-order valence-electron chi connectivity index (χ4n) is 1.93. The first-order valence-corrected chi connectivity index (χ1v) is 7.65. The Morgan fingerprint density at radius 2 is 1.91 bits per heavy atom. The number of nitro benzene ring substituents is 1. The number of carbonyl (C=O) groups is 1. The Bertz CT molecular complexity index is 553. The highest BCUT2D eigenvalue weighted by Gasteiger charge is 2.15. The van der Waals surface area contributed by atoms with Gasteiger partial charge in [-0.15, -0.1) is 0 Å². The maximum absolute atomic E-state index is 11.4. The first kappa shape index (κ1) is 18.7. The van der Waals surface area contributed by atoms with Crippen molar-refractivity contribution in [3.05, 3.63) is 33.9 Å². The van der Waals surface area contributed by atoms with Gasteiger partial charge in [0.1, 0.15) is 11.3 Å². The third kappa shape index (κ3) is 7.49. The zero-order chi connectivity index (χ0) is 17.5. The molecule has 0 saturated carbocycles. The predicted molar refractivity (Wildman–Crippen MR) is 89.8 cm³/mol. The Morgan fingerprint density at radius 1 is 1.26 bits per heavy atom. The number of aryl methyl sites for hydroxylation is 1. The molecule has 0 unspecified atom stereocenters. The van der Waals surface area contributed by atoms with Crippen LogP contribution in [0.5, 0.6) is 0 Å². The van der Waals surface area contributed by atoms with Crippen LogP contribution in [-0.4, -0.2) is 29.7 Å². The number of unbranched alkanes of at least 4 members (excludes halogenated alkanes) is 1. The second-order valence-electron chi connectivity index (χ2n) is 6.34. The van der Waals surface area contributed by atoms with Gasteiger partial charge in [-0.1, -0.05) is 6.07 Å². The molecule has 0 aliphatic carbocycles. The van der Waals surface area contributed by atoms with Crippen LogP contribution >= 0.6 is 0 Å². The molecule has 0 saturated heterocycles. The Hall–Kier alpha value is -2.31. The van der Waals surface area contributed by atoms with Crippen molar-refractivity contribution >= 4 is 17.5 Å². The standard InChI is InChI=1S/C16H25N3O4/c1-12-7-8-14(19(21)22)13(11-12)17-9-5-6-10-18-15(20)23-16(2,3)4/h7-8,11,17H,5-6,9-10H2,1-4H3,(H,18,20). The lowest BCUT2D eigenvalue weighted by molar-refractivity contribution is -0.384. The minimum absolute atomic E-state index is 0.0717. The number of nitro groups is 1. The van der Waals surface area contributed by atoms with E-state index in [1.165, 1.54) is 6.07 Å². The molecule has 23 heavy (non-hydrogen) atoms. The third-order valence-corrected chi connectivity index (χ3v) is 2.94. The predicted octanol–water partition coefficient (Wildman–Crippen LogP) is 3.62. The molecular weight excluding hydrogens is 298 g/mol. The van der Waals surface area contributed by atoms with E-state index in [2.05, 4.69) is 10.6 Å². The van der Waals surface area contributed by atoms with E-state index in [0.717, 1.165) is 18.4 Å². The fraction of sp³-hybridized carbons (Fsp3) is 0.562. The summed E-state index contributed by atoms with van der Waals surface area (Å²) in [5.74, 6) is 0. The Labute approximate surface area is 136 Å². The summed E-state index contributed by atoms with van der Waals surface area (Å²) in [6.07, 6.45) is 1.10. The van der Waals surface area contributed by atoms with Gasteiger partial charge >= 0.3 is 6.09 Å². The van der Waals surface area contributed by atoms with Gasteiger partial charge in [0.2, 0.25) is 0 Å². The molecule has 0 bridgehead atoms. The summed E-state index contributed by atoms with van der Waals surface area (Å²) in [6.45, 7) is 8.42. The first-order valence-electron chi connectivity index (χ1n) is 7.65. The van der Waals surface area contributed by atoms with E-state index in [1.54, 1.807) is 12.1 Å². The van der Waals surface area contributed by atoms with E-state index in [1.807, 2.05) is 27.7 Å². The number of alkyl carbamates (subject to hydrolysis) is 1. The minimum atomic E-state index is -0.504. The summed E-state index contributed by atoms with van der Waals surface area (Å²) in [5, 5.41) is 16.7. The highest BCUT2D eigenvalue weighted by atomic mass is 16.6. The molecule has 1 amide bonds. The first-order chi connectivity index (χ1) is 10.7. The van der Waals surface area contributed by atoms with Crippen molar-refractivity contribution in [3.63, 3.8) is 0 Å². The Morgan fingerprint density at radius 3 is 2.52 bits per heavy atom. The number of benzene rings is 1. The smallest absolute Gasteiger partial charge is 0.407 e. The number of rotatable bonds is 7. The lowest BCUT2D eigenvalue weighted by Gasteiger charge is -2.19. The summed E-state index contributed by atoms with van der Waals surface area (Å²) >= 11 is 0. The molecule has 0 radical (unpaired) electrons. The van der Waals surface area contributed by atoms with Crippen LogP contribution in [0.1, 0.15) is 39.2 Å². The maximum atomic E-state index is 11.4. The number of hydrogen-bond donors (Lipinski definition) is 2. The van der Waals surface area contributed by atoms with Crippen molar-refractivity contribution in [2.75, 3.05) is 18.4 Å². The van der Waals surface area contributed by atoms with Crippen LogP contribution in [0.25, 0.3) is 0 Å². The van der Waals surface area contributed by atoms with Crippen molar-refractivity contribution in [2.24, 2.45) is 0 Å². The van der Waals surface area contributed by atoms with Gasteiger partial charge in [-0.05, 0) is 52.2 Å². The van der Waals surface area contributed by atoms with Crippen LogP contribution in [0, 0.1) is 17.0 Å². The number of hydrogen-bond acceptors (Lipinski definition) is 5. The summed E-state index contributed by atoms with van der Waals surface area (Å²) in [6, 6.07) is 4.98. The average molecular weight is 323 g/mol. The normalized spacial score (nSPS) is 11.0. The molecule has 128 valence electrons. The largest absolute Gasteiger partial charge is 0.444 e. The highest BCUT2D eigenvalue weighted by molar-refractivity contribution is 5.67. The van der Waals surface area contributed by atoms with E-state index < -0.39 is 16.6 Å². The van der Waals surface area contributed by atoms with Gasteiger partial charge in [0, 0.05) is 19.2 Å². The van der Waals surface area contributed by atoms with Gasteiger partial charge in [-0.2, -0.15) is 0 Å². The van der Waals surface area contributed by atoms with Crippen molar-refractivity contribution < 1.29 is 14.5 Å². The number of ether oxygens (including phenoxy) is 1. The topological polar surface area (TPSA) is 93.5 Å². The molecule has 0 aliphatic rings. The van der Waals surface area contributed by atoms with Gasteiger partial charge in [-0.3, -0.25) is 10.1 Å². The van der Waals surface area contributed by atoms with Crippen LogP contribution in [0.15, 0.2) is 18.2 Å². The molecule has 0 spiro atoms. The summed E-state index contributed by atoms with van der Waals surface area (Å²) in [4.78, 5) is 22.0. The molecule has 1 rings (SSSR count). The highest BCUT2D eigenvalue weighted by Crippen LogP contribution is 2.25. The third-order valence-electron chi connectivity index (χ3n) is 2.94.